The van der Waals surface area contributed by atoms with Crippen molar-refractivity contribution >= 4 is 21.9 Å². The predicted molar refractivity (Wildman–Crippen MR) is 75.7 cm³/mol. The van der Waals surface area contributed by atoms with E-state index in [2.05, 4.69) is 35.0 Å². The van der Waals surface area contributed by atoms with Crippen LogP contribution in [0, 0.1) is 6.92 Å². The number of halogens is 1. The first kappa shape index (κ1) is 12.8. The van der Waals surface area contributed by atoms with Crippen molar-refractivity contribution in [3.05, 3.63) is 58.1 Å². The molecule has 0 aliphatic heterocycles. The maximum absolute atomic E-state index is 10.6. The number of hydrogen-bond donors (Lipinski definition) is 1. The summed E-state index contributed by atoms with van der Waals surface area (Å²) in [7, 11) is 0. The quantitative estimate of drug-likeness (QED) is 0.929. The van der Waals surface area contributed by atoms with E-state index >= 15 is 0 Å². The molecule has 1 N–H and O–H groups in total. The molecule has 0 aliphatic carbocycles. The van der Waals surface area contributed by atoms with E-state index in [4.69, 9.17) is 5.11 Å². The molecule has 0 fully saturated rings. The second-order valence-corrected chi connectivity index (χ2v) is 5.14. The Morgan fingerprint density at radius 1 is 1.17 bits per heavy atom. The predicted octanol–water partition coefficient (Wildman–Crippen LogP) is 4.05. The van der Waals surface area contributed by atoms with Crippen molar-refractivity contribution in [2.75, 3.05) is 0 Å². The molecule has 0 atom stereocenters. The van der Waals surface area contributed by atoms with Crippen LogP contribution >= 0.6 is 15.9 Å². The van der Waals surface area contributed by atoms with Crippen LogP contribution in [-0.2, 0) is 11.2 Å². The van der Waals surface area contributed by atoms with Crippen molar-refractivity contribution in [1.29, 1.82) is 0 Å². The molecule has 3 heteroatoms. The van der Waals surface area contributed by atoms with Crippen LogP contribution < -0.4 is 0 Å². The lowest BCUT2D eigenvalue weighted by atomic mass is 9.99. The largest absolute Gasteiger partial charge is 0.481 e. The average molecular weight is 305 g/mol. The van der Waals surface area contributed by atoms with E-state index in [-0.39, 0.29) is 6.42 Å². The van der Waals surface area contributed by atoms with Crippen molar-refractivity contribution in [2.24, 2.45) is 0 Å². The van der Waals surface area contributed by atoms with Gasteiger partial charge in [0.05, 0.1) is 6.42 Å². The second kappa shape index (κ2) is 5.36. The molecule has 2 nitrogen and oxygen atoms in total. The van der Waals surface area contributed by atoms with Gasteiger partial charge in [0.2, 0.25) is 0 Å². The highest BCUT2D eigenvalue weighted by Crippen LogP contribution is 2.26. The van der Waals surface area contributed by atoms with E-state index in [0.717, 1.165) is 15.6 Å². The molecule has 0 bridgehead atoms. The zero-order valence-electron chi connectivity index (χ0n) is 9.98. The lowest BCUT2D eigenvalue weighted by molar-refractivity contribution is -0.136. The van der Waals surface area contributed by atoms with Crippen LogP contribution in [0.1, 0.15) is 11.1 Å². The third-order valence-electron chi connectivity index (χ3n) is 2.81. The monoisotopic (exact) mass is 304 g/mol. The van der Waals surface area contributed by atoms with Gasteiger partial charge in [0.25, 0.3) is 0 Å². The number of aryl methyl sites for hydroxylation is 1. The van der Waals surface area contributed by atoms with Gasteiger partial charge in [-0.25, -0.2) is 0 Å². The van der Waals surface area contributed by atoms with Gasteiger partial charge < -0.3 is 5.11 Å². The van der Waals surface area contributed by atoms with Gasteiger partial charge in [0.15, 0.2) is 0 Å². The van der Waals surface area contributed by atoms with E-state index in [0.29, 0.717) is 0 Å². The van der Waals surface area contributed by atoms with Gasteiger partial charge in [0.1, 0.15) is 0 Å². The number of aliphatic carboxylic acids is 1. The summed E-state index contributed by atoms with van der Waals surface area (Å²) < 4.78 is 1.06. The standard InChI is InChI=1S/C15H13BrO2/c1-10-8-13(16)6-7-14(10)12-4-2-11(3-5-12)9-15(17)18/h2-8H,9H2,1H3,(H,17,18). The molecule has 18 heavy (non-hydrogen) atoms. The van der Waals surface area contributed by atoms with E-state index in [1.165, 1.54) is 11.1 Å². The molecule has 2 aromatic rings. The molecule has 2 rings (SSSR count). The minimum absolute atomic E-state index is 0.0690. The van der Waals surface area contributed by atoms with Crippen molar-refractivity contribution < 1.29 is 9.90 Å². The number of hydrogen-bond acceptors (Lipinski definition) is 1. The summed E-state index contributed by atoms with van der Waals surface area (Å²) in [4.78, 5) is 10.6. The Morgan fingerprint density at radius 2 is 1.83 bits per heavy atom. The Hall–Kier alpha value is -1.61. The third-order valence-corrected chi connectivity index (χ3v) is 3.30. The average Bonchev–Trinajstić information content (AvgIpc) is 2.30. The van der Waals surface area contributed by atoms with Crippen molar-refractivity contribution in [3.63, 3.8) is 0 Å². The number of carboxylic acid groups (broad SMARTS) is 1. The minimum Gasteiger partial charge on any atom is -0.481 e. The fraction of sp³-hybridized carbons (Fsp3) is 0.133. The highest BCUT2D eigenvalue weighted by Gasteiger charge is 2.04. The Morgan fingerprint density at radius 3 is 2.39 bits per heavy atom. The highest BCUT2D eigenvalue weighted by atomic mass is 79.9. The van der Waals surface area contributed by atoms with Gasteiger partial charge in [-0.15, -0.1) is 0 Å². The topological polar surface area (TPSA) is 37.3 Å². The maximum atomic E-state index is 10.6. The van der Waals surface area contributed by atoms with Crippen LogP contribution in [0.15, 0.2) is 46.9 Å². The lowest BCUT2D eigenvalue weighted by Crippen LogP contribution is -1.99. The van der Waals surface area contributed by atoms with E-state index < -0.39 is 5.97 Å². The molecule has 0 unspecified atom stereocenters. The Labute approximate surface area is 114 Å². The van der Waals surface area contributed by atoms with E-state index in [1.807, 2.05) is 30.3 Å². The van der Waals surface area contributed by atoms with Crippen molar-refractivity contribution in [2.45, 2.75) is 13.3 Å². The number of carbonyl (C=O) groups is 1. The number of rotatable bonds is 3. The summed E-state index contributed by atoms with van der Waals surface area (Å²) in [6.07, 6.45) is 0.0690. The Bertz CT molecular complexity index is 574. The van der Waals surface area contributed by atoms with Gasteiger partial charge in [-0.1, -0.05) is 46.3 Å². The van der Waals surface area contributed by atoms with Gasteiger partial charge in [0, 0.05) is 4.47 Å². The summed E-state index contributed by atoms with van der Waals surface area (Å²) in [5, 5.41) is 8.72. The summed E-state index contributed by atoms with van der Waals surface area (Å²) >= 11 is 3.44. The summed E-state index contributed by atoms with van der Waals surface area (Å²) in [5.74, 6) is -0.803. The molecule has 0 aromatic heterocycles. The molecule has 0 radical (unpaired) electrons. The second-order valence-electron chi connectivity index (χ2n) is 4.23. The molecule has 0 spiro atoms. The molecular weight excluding hydrogens is 292 g/mol. The lowest BCUT2D eigenvalue weighted by Gasteiger charge is -2.07. The fourth-order valence-electron chi connectivity index (χ4n) is 1.93. The fourth-order valence-corrected chi connectivity index (χ4v) is 2.40. The summed E-state index contributed by atoms with van der Waals surface area (Å²) in [5.41, 5.74) is 4.28. The van der Waals surface area contributed by atoms with Gasteiger partial charge >= 0.3 is 5.97 Å². The highest BCUT2D eigenvalue weighted by molar-refractivity contribution is 9.10. The van der Waals surface area contributed by atoms with Crippen molar-refractivity contribution in [3.8, 4) is 11.1 Å². The molecule has 92 valence electrons. The van der Waals surface area contributed by atoms with Crippen molar-refractivity contribution in [1.82, 2.24) is 0 Å². The maximum Gasteiger partial charge on any atom is 0.307 e. The first-order valence-electron chi connectivity index (χ1n) is 5.63. The first-order valence-corrected chi connectivity index (χ1v) is 6.43. The van der Waals surface area contributed by atoms with E-state index in [1.54, 1.807) is 0 Å². The van der Waals surface area contributed by atoms with Gasteiger partial charge in [-0.3, -0.25) is 4.79 Å². The zero-order chi connectivity index (χ0) is 13.1. The molecular formula is C15H13BrO2. The van der Waals surface area contributed by atoms with Crippen LogP contribution in [0.5, 0.6) is 0 Å². The molecule has 0 aliphatic rings. The summed E-state index contributed by atoms with van der Waals surface area (Å²) in [6, 6.07) is 13.8. The van der Waals surface area contributed by atoms with Crippen LogP contribution in [0.4, 0.5) is 0 Å². The minimum atomic E-state index is -0.803. The van der Waals surface area contributed by atoms with Gasteiger partial charge in [-0.2, -0.15) is 0 Å². The SMILES string of the molecule is Cc1cc(Br)ccc1-c1ccc(CC(=O)O)cc1. The van der Waals surface area contributed by atoms with Gasteiger partial charge in [-0.05, 0) is 41.3 Å². The summed E-state index contributed by atoms with van der Waals surface area (Å²) in [6.45, 7) is 2.06. The molecule has 2 aromatic carbocycles. The van der Waals surface area contributed by atoms with E-state index in [9.17, 15) is 4.79 Å². The Kier molecular flexibility index (Phi) is 3.82. The molecule has 0 amide bonds. The van der Waals surface area contributed by atoms with Crippen LogP contribution in [-0.4, -0.2) is 11.1 Å². The molecule has 0 saturated heterocycles. The van der Waals surface area contributed by atoms with Crippen LogP contribution in [0.25, 0.3) is 11.1 Å². The number of carboxylic acids is 1. The Balaban J connectivity index is 2.31. The van der Waals surface area contributed by atoms with Crippen LogP contribution in [0.3, 0.4) is 0 Å². The van der Waals surface area contributed by atoms with Crippen LogP contribution in [0.2, 0.25) is 0 Å². The number of benzene rings is 2. The molecule has 0 saturated carbocycles. The first-order chi connectivity index (χ1) is 8.56. The third kappa shape index (κ3) is 2.99. The normalized spacial score (nSPS) is 10.3. The molecule has 0 heterocycles. The smallest absolute Gasteiger partial charge is 0.307 e. The zero-order valence-corrected chi connectivity index (χ0v) is 11.6.